The van der Waals surface area contributed by atoms with Crippen molar-refractivity contribution in [2.24, 2.45) is 0 Å². The van der Waals surface area contributed by atoms with Gasteiger partial charge in [0.25, 0.3) is 5.91 Å². The third kappa shape index (κ3) is 3.35. The predicted octanol–water partition coefficient (Wildman–Crippen LogP) is 1.03. The highest BCUT2D eigenvalue weighted by Crippen LogP contribution is 2.37. The zero-order valence-corrected chi connectivity index (χ0v) is 13.4. The number of amides is 1. The molecule has 2 aliphatic rings. The Morgan fingerprint density at radius 1 is 1.36 bits per heavy atom. The highest BCUT2D eigenvalue weighted by atomic mass is 16.5. The van der Waals surface area contributed by atoms with Crippen LogP contribution in [0.15, 0.2) is 12.1 Å². The zero-order valence-electron chi connectivity index (χ0n) is 13.4. The van der Waals surface area contributed by atoms with E-state index < -0.39 is 0 Å². The second kappa shape index (κ2) is 6.57. The standard InChI is InChI=1S/C17H24N2O3/c1-12-8-13-9-16(21-2)14(10-15(13)22-12)18-17(20)11-19-6-4-3-5-7-19/h9-10,12H,3-8,11H2,1-2H3,(H,18,20)/p+1/t12-/m1/s1. The number of nitrogens with one attached hydrogen (secondary N) is 2. The number of hydrogen-bond donors (Lipinski definition) is 2. The SMILES string of the molecule is COc1cc2c(cc1NC(=O)C[NH+]1CCCCC1)O[C@H](C)C2. The van der Waals surface area contributed by atoms with Crippen LogP contribution in [0.3, 0.4) is 0 Å². The number of methoxy groups -OCH3 is 1. The molecule has 1 aromatic carbocycles. The Morgan fingerprint density at radius 2 is 2.14 bits per heavy atom. The van der Waals surface area contributed by atoms with Crippen molar-refractivity contribution in [3.63, 3.8) is 0 Å². The third-order valence-corrected chi connectivity index (χ3v) is 4.46. The number of ether oxygens (including phenoxy) is 2. The fourth-order valence-electron chi connectivity index (χ4n) is 3.36. The summed E-state index contributed by atoms with van der Waals surface area (Å²) in [5.41, 5.74) is 1.85. The number of benzene rings is 1. The largest absolute Gasteiger partial charge is 0.495 e. The molecule has 22 heavy (non-hydrogen) atoms. The highest BCUT2D eigenvalue weighted by Gasteiger charge is 2.23. The molecule has 1 saturated heterocycles. The number of piperidine rings is 1. The summed E-state index contributed by atoms with van der Waals surface area (Å²) in [6, 6.07) is 3.86. The Labute approximate surface area is 131 Å². The van der Waals surface area contributed by atoms with Crippen LogP contribution in [0.4, 0.5) is 5.69 Å². The summed E-state index contributed by atoms with van der Waals surface area (Å²) in [5, 5.41) is 2.99. The minimum absolute atomic E-state index is 0.0428. The summed E-state index contributed by atoms with van der Waals surface area (Å²) >= 11 is 0. The number of hydrogen-bond acceptors (Lipinski definition) is 3. The van der Waals surface area contributed by atoms with Crippen molar-refractivity contribution >= 4 is 11.6 Å². The van der Waals surface area contributed by atoms with Gasteiger partial charge in [-0.3, -0.25) is 4.79 Å². The first kappa shape index (κ1) is 15.2. The van der Waals surface area contributed by atoms with Gasteiger partial charge in [0.15, 0.2) is 6.54 Å². The molecule has 0 aliphatic carbocycles. The van der Waals surface area contributed by atoms with Gasteiger partial charge in [0.05, 0.1) is 25.9 Å². The van der Waals surface area contributed by atoms with Crippen LogP contribution in [0.25, 0.3) is 0 Å². The van der Waals surface area contributed by atoms with Crippen LogP contribution in [-0.4, -0.2) is 38.8 Å². The smallest absolute Gasteiger partial charge is 0.279 e. The fraction of sp³-hybridized carbons (Fsp3) is 0.588. The molecule has 1 atom stereocenters. The van der Waals surface area contributed by atoms with Crippen LogP contribution in [-0.2, 0) is 11.2 Å². The summed E-state index contributed by atoms with van der Waals surface area (Å²) < 4.78 is 11.2. The van der Waals surface area contributed by atoms with E-state index >= 15 is 0 Å². The van der Waals surface area contributed by atoms with E-state index in [1.54, 1.807) is 7.11 Å². The average Bonchev–Trinajstić information content (AvgIpc) is 2.86. The molecule has 2 aliphatic heterocycles. The maximum Gasteiger partial charge on any atom is 0.279 e. The van der Waals surface area contributed by atoms with Gasteiger partial charge in [-0.05, 0) is 32.3 Å². The molecule has 0 bridgehead atoms. The van der Waals surface area contributed by atoms with E-state index in [0.717, 1.165) is 30.8 Å². The number of likely N-dealkylation sites (tertiary alicyclic amines) is 1. The maximum atomic E-state index is 12.3. The molecular formula is C17H25N2O3+. The molecule has 1 aromatic rings. The van der Waals surface area contributed by atoms with Gasteiger partial charge in [0.1, 0.15) is 17.6 Å². The van der Waals surface area contributed by atoms with Crippen molar-refractivity contribution < 1.29 is 19.2 Å². The number of carbonyl (C=O) groups excluding carboxylic acids is 1. The van der Waals surface area contributed by atoms with E-state index in [1.165, 1.54) is 24.2 Å². The van der Waals surface area contributed by atoms with E-state index in [1.807, 2.05) is 19.1 Å². The number of rotatable bonds is 4. The van der Waals surface area contributed by atoms with E-state index in [-0.39, 0.29) is 12.0 Å². The summed E-state index contributed by atoms with van der Waals surface area (Å²) in [6.45, 7) is 4.76. The molecule has 2 N–H and O–H groups in total. The van der Waals surface area contributed by atoms with Crippen molar-refractivity contribution in [1.29, 1.82) is 0 Å². The minimum Gasteiger partial charge on any atom is -0.495 e. The van der Waals surface area contributed by atoms with Crippen LogP contribution >= 0.6 is 0 Å². The molecule has 3 rings (SSSR count). The average molecular weight is 305 g/mol. The molecule has 2 heterocycles. The first-order chi connectivity index (χ1) is 10.7. The quantitative estimate of drug-likeness (QED) is 0.873. The van der Waals surface area contributed by atoms with Crippen LogP contribution in [0.1, 0.15) is 31.7 Å². The normalized spacial score (nSPS) is 21.1. The molecule has 120 valence electrons. The zero-order chi connectivity index (χ0) is 15.5. The summed E-state index contributed by atoms with van der Waals surface area (Å²) in [7, 11) is 1.63. The number of carbonyl (C=O) groups is 1. The lowest BCUT2D eigenvalue weighted by molar-refractivity contribution is -0.896. The van der Waals surface area contributed by atoms with Crippen molar-refractivity contribution in [3.05, 3.63) is 17.7 Å². The molecule has 0 radical (unpaired) electrons. The molecule has 1 fully saturated rings. The molecule has 0 unspecified atom stereocenters. The van der Waals surface area contributed by atoms with Crippen molar-refractivity contribution in [2.75, 3.05) is 32.1 Å². The van der Waals surface area contributed by atoms with Gasteiger partial charge in [-0.25, -0.2) is 0 Å². The Morgan fingerprint density at radius 3 is 2.86 bits per heavy atom. The summed E-state index contributed by atoms with van der Waals surface area (Å²) in [6.07, 6.45) is 4.80. The molecular weight excluding hydrogens is 280 g/mol. The van der Waals surface area contributed by atoms with E-state index in [2.05, 4.69) is 5.32 Å². The maximum absolute atomic E-state index is 12.3. The van der Waals surface area contributed by atoms with E-state index in [9.17, 15) is 4.79 Å². The monoisotopic (exact) mass is 305 g/mol. The minimum atomic E-state index is 0.0428. The predicted molar refractivity (Wildman–Crippen MR) is 84.8 cm³/mol. The van der Waals surface area contributed by atoms with Gasteiger partial charge >= 0.3 is 0 Å². The van der Waals surface area contributed by atoms with Crippen molar-refractivity contribution in [2.45, 2.75) is 38.7 Å². The lowest BCUT2D eigenvalue weighted by Crippen LogP contribution is -3.13. The van der Waals surface area contributed by atoms with Crippen LogP contribution in [0.2, 0.25) is 0 Å². The van der Waals surface area contributed by atoms with Crippen molar-refractivity contribution in [1.82, 2.24) is 0 Å². The number of fused-ring (bicyclic) bond motifs is 1. The lowest BCUT2D eigenvalue weighted by atomic mass is 10.1. The lowest BCUT2D eigenvalue weighted by Gasteiger charge is -2.23. The Hall–Kier alpha value is -1.75. The first-order valence-electron chi connectivity index (χ1n) is 8.16. The number of quaternary nitrogens is 1. The summed E-state index contributed by atoms with van der Waals surface area (Å²) in [4.78, 5) is 13.7. The van der Waals surface area contributed by atoms with Crippen LogP contribution in [0, 0.1) is 0 Å². The van der Waals surface area contributed by atoms with E-state index in [4.69, 9.17) is 9.47 Å². The number of anilines is 1. The fourth-order valence-corrected chi connectivity index (χ4v) is 3.36. The molecule has 0 spiro atoms. The van der Waals surface area contributed by atoms with Crippen molar-refractivity contribution in [3.8, 4) is 11.5 Å². The first-order valence-corrected chi connectivity index (χ1v) is 8.16. The van der Waals surface area contributed by atoms with Gasteiger partial charge in [-0.15, -0.1) is 0 Å². The second-order valence-corrected chi connectivity index (χ2v) is 6.33. The Balaban J connectivity index is 1.68. The molecule has 0 saturated carbocycles. The third-order valence-electron chi connectivity index (χ3n) is 4.46. The Kier molecular flexibility index (Phi) is 4.52. The van der Waals surface area contributed by atoms with Crippen LogP contribution in [0.5, 0.6) is 11.5 Å². The second-order valence-electron chi connectivity index (χ2n) is 6.33. The van der Waals surface area contributed by atoms with Gasteiger partial charge in [-0.2, -0.15) is 0 Å². The van der Waals surface area contributed by atoms with E-state index in [0.29, 0.717) is 18.0 Å². The molecule has 1 amide bonds. The van der Waals surface area contributed by atoms with Crippen LogP contribution < -0.4 is 19.7 Å². The Bertz CT molecular complexity index is 553. The summed E-state index contributed by atoms with van der Waals surface area (Å²) in [5.74, 6) is 1.61. The molecule has 5 nitrogen and oxygen atoms in total. The molecule has 0 aromatic heterocycles. The van der Waals surface area contributed by atoms with Gasteiger partial charge in [0, 0.05) is 18.1 Å². The van der Waals surface area contributed by atoms with Gasteiger partial charge in [-0.1, -0.05) is 0 Å². The topological polar surface area (TPSA) is 52.0 Å². The van der Waals surface area contributed by atoms with Gasteiger partial charge in [0.2, 0.25) is 0 Å². The highest BCUT2D eigenvalue weighted by molar-refractivity contribution is 5.93. The van der Waals surface area contributed by atoms with Gasteiger partial charge < -0.3 is 19.7 Å². The molecule has 5 heteroatoms.